The predicted octanol–water partition coefficient (Wildman–Crippen LogP) is 3.94. The molecule has 6 aliphatic rings. The molecule has 0 heterocycles. The van der Waals surface area contributed by atoms with Crippen LogP contribution in [0.25, 0.3) is 0 Å². The molecule has 2 nitrogen and oxygen atoms in total. The topological polar surface area (TPSA) is 40.5 Å². The molecule has 0 radical (unpaired) electrons. The Bertz CT molecular complexity index is 478. The summed E-state index contributed by atoms with van der Waals surface area (Å²) in [4.78, 5) is 0. The Morgan fingerprint density at radius 2 is 1.09 bits per heavy atom. The molecule has 0 spiro atoms. The van der Waals surface area contributed by atoms with E-state index in [1.54, 1.807) is 0 Å². The van der Waals surface area contributed by atoms with Gasteiger partial charge in [-0.1, -0.05) is 51.0 Å². The molecule has 0 aromatic carbocycles. The maximum absolute atomic E-state index is 9.65. The average Bonchev–Trinajstić information content (AvgIpc) is 2.35. The quantitative estimate of drug-likeness (QED) is 0.666. The first-order valence-electron chi connectivity index (χ1n) is 8.79. The van der Waals surface area contributed by atoms with Crippen LogP contribution in [0, 0.1) is 34.5 Å². The molecule has 0 amide bonds. The van der Waals surface area contributed by atoms with E-state index in [9.17, 15) is 10.2 Å². The van der Waals surface area contributed by atoms with Gasteiger partial charge < -0.3 is 10.2 Å². The molecule has 0 aromatic rings. The van der Waals surface area contributed by atoms with Gasteiger partial charge in [-0.15, -0.1) is 0 Å². The molecule has 3 unspecified atom stereocenters. The Kier molecular flexibility index (Phi) is 3.66. The van der Waals surface area contributed by atoms with E-state index in [0.29, 0.717) is 22.7 Å². The summed E-state index contributed by atoms with van der Waals surface area (Å²) >= 11 is 0. The zero-order valence-electron chi connectivity index (χ0n) is 14.9. The second-order valence-corrected chi connectivity index (χ2v) is 9.23. The van der Waals surface area contributed by atoms with E-state index < -0.39 is 0 Å². The van der Waals surface area contributed by atoms with Gasteiger partial charge >= 0.3 is 0 Å². The molecule has 2 N–H and O–H groups in total. The molecule has 0 saturated heterocycles. The highest BCUT2D eigenvalue weighted by atomic mass is 16.3. The first-order valence-corrected chi connectivity index (χ1v) is 8.79. The summed E-state index contributed by atoms with van der Waals surface area (Å²) in [5.41, 5.74) is 3.51. The number of allylic oxidation sites excluding steroid dienone is 2. The maximum atomic E-state index is 9.65. The lowest BCUT2D eigenvalue weighted by atomic mass is 9.48. The molecule has 0 aromatic heterocycles. The maximum Gasteiger partial charge on any atom is 0.0757 e. The van der Waals surface area contributed by atoms with Crippen molar-refractivity contribution in [2.45, 2.75) is 66.6 Å². The lowest BCUT2D eigenvalue weighted by Gasteiger charge is -2.57. The fourth-order valence-corrected chi connectivity index (χ4v) is 5.63. The molecule has 124 valence electrons. The smallest absolute Gasteiger partial charge is 0.0757 e. The minimum atomic E-state index is -0.171. The molecule has 6 aliphatic carbocycles. The highest BCUT2D eigenvalue weighted by Crippen LogP contribution is 2.59. The third-order valence-corrected chi connectivity index (χ3v) is 7.48. The summed E-state index contributed by atoms with van der Waals surface area (Å²) in [7, 11) is 0. The molecular formula is C20H32O2. The van der Waals surface area contributed by atoms with Crippen LogP contribution in [0.5, 0.6) is 0 Å². The average molecular weight is 304 g/mol. The second-order valence-electron chi connectivity index (χ2n) is 9.23. The zero-order valence-corrected chi connectivity index (χ0v) is 14.9. The van der Waals surface area contributed by atoms with Gasteiger partial charge in [0.1, 0.15) is 0 Å². The third kappa shape index (κ3) is 2.14. The monoisotopic (exact) mass is 304 g/mol. The Morgan fingerprint density at radius 1 is 0.773 bits per heavy atom. The fraction of sp³-hybridized carbons (Fsp3) is 0.800. The summed E-state index contributed by atoms with van der Waals surface area (Å²) < 4.78 is 0. The van der Waals surface area contributed by atoms with Gasteiger partial charge in [0.05, 0.1) is 12.2 Å². The highest BCUT2D eigenvalue weighted by molar-refractivity contribution is 5.25. The van der Waals surface area contributed by atoms with E-state index in [1.807, 2.05) is 12.2 Å². The van der Waals surface area contributed by atoms with Crippen molar-refractivity contribution >= 4 is 0 Å². The van der Waals surface area contributed by atoms with Gasteiger partial charge in [0.15, 0.2) is 0 Å². The van der Waals surface area contributed by atoms with Crippen LogP contribution in [-0.2, 0) is 0 Å². The minimum absolute atomic E-state index is 0.171. The normalized spacial score (nSPS) is 46.2. The molecule has 2 heteroatoms. The molecule has 2 saturated carbocycles. The number of hydrogen-bond donors (Lipinski definition) is 2. The second kappa shape index (κ2) is 4.95. The lowest BCUT2D eigenvalue weighted by molar-refractivity contribution is -0.0762. The Hall–Kier alpha value is -0.600. The van der Waals surface area contributed by atoms with E-state index in [2.05, 4.69) is 41.5 Å². The van der Waals surface area contributed by atoms with Crippen LogP contribution in [0.4, 0.5) is 0 Å². The largest absolute Gasteiger partial charge is 0.389 e. The number of fused-ring (bicyclic) bond motifs is 2. The van der Waals surface area contributed by atoms with Crippen LogP contribution < -0.4 is 0 Å². The molecule has 22 heavy (non-hydrogen) atoms. The van der Waals surface area contributed by atoms with Crippen LogP contribution in [0.1, 0.15) is 54.4 Å². The first kappa shape index (κ1) is 16.3. The Balaban J connectivity index is 0.000000131. The van der Waals surface area contributed by atoms with Crippen LogP contribution in [-0.4, -0.2) is 22.4 Å². The van der Waals surface area contributed by atoms with E-state index >= 15 is 0 Å². The van der Waals surface area contributed by atoms with Gasteiger partial charge in [0, 0.05) is 0 Å². The van der Waals surface area contributed by atoms with E-state index in [1.165, 1.54) is 24.0 Å². The lowest BCUT2D eigenvalue weighted by Crippen LogP contribution is -2.53. The van der Waals surface area contributed by atoms with Crippen molar-refractivity contribution in [1.29, 1.82) is 0 Å². The van der Waals surface area contributed by atoms with Crippen molar-refractivity contribution in [1.82, 2.24) is 0 Å². The standard InChI is InChI=1S/2C10H16O/c2*1-6-4-9(11)8-5-7(6)10(8,2)3/h2*4,7-9,11H,5H2,1-3H3/t7-,8+,9-;/m1./s1. The first-order chi connectivity index (χ1) is 10.1. The van der Waals surface area contributed by atoms with Gasteiger partial charge in [-0.3, -0.25) is 0 Å². The summed E-state index contributed by atoms with van der Waals surface area (Å²) in [6.07, 6.45) is 6.13. The van der Waals surface area contributed by atoms with Gasteiger partial charge in [-0.2, -0.15) is 0 Å². The van der Waals surface area contributed by atoms with Crippen LogP contribution in [0.3, 0.4) is 0 Å². The number of aliphatic hydroxyl groups excluding tert-OH is 2. The summed E-state index contributed by atoms with van der Waals surface area (Å²) in [6, 6.07) is 0. The molecule has 6 rings (SSSR count). The van der Waals surface area contributed by atoms with Crippen molar-refractivity contribution in [3.8, 4) is 0 Å². The molecule has 0 aliphatic heterocycles. The fourth-order valence-electron chi connectivity index (χ4n) is 5.63. The van der Waals surface area contributed by atoms with E-state index in [-0.39, 0.29) is 12.2 Å². The molecule has 4 bridgehead atoms. The molecule has 6 atom stereocenters. The minimum Gasteiger partial charge on any atom is -0.389 e. The Labute approximate surface area is 135 Å². The summed E-state index contributed by atoms with van der Waals surface area (Å²) in [6.45, 7) is 13.4. The number of rotatable bonds is 0. The Morgan fingerprint density at radius 3 is 1.27 bits per heavy atom. The number of aliphatic hydroxyl groups is 2. The molecular weight excluding hydrogens is 272 g/mol. The van der Waals surface area contributed by atoms with E-state index in [4.69, 9.17) is 0 Å². The van der Waals surface area contributed by atoms with Crippen molar-refractivity contribution in [2.24, 2.45) is 34.5 Å². The van der Waals surface area contributed by atoms with Crippen molar-refractivity contribution in [3.05, 3.63) is 23.3 Å². The summed E-state index contributed by atoms with van der Waals surface area (Å²) in [5, 5.41) is 19.3. The zero-order chi connectivity index (χ0) is 16.4. The van der Waals surface area contributed by atoms with Gasteiger partial charge in [0.2, 0.25) is 0 Å². The highest BCUT2D eigenvalue weighted by Gasteiger charge is 2.54. The van der Waals surface area contributed by atoms with Crippen molar-refractivity contribution in [2.75, 3.05) is 0 Å². The van der Waals surface area contributed by atoms with Crippen molar-refractivity contribution in [3.63, 3.8) is 0 Å². The van der Waals surface area contributed by atoms with Crippen LogP contribution in [0.15, 0.2) is 23.3 Å². The summed E-state index contributed by atoms with van der Waals surface area (Å²) in [5.74, 6) is 2.54. The predicted molar refractivity (Wildman–Crippen MR) is 90.3 cm³/mol. The van der Waals surface area contributed by atoms with E-state index in [0.717, 1.165) is 11.8 Å². The van der Waals surface area contributed by atoms with Gasteiger partial charge in [-0.05, 0) is 61.2 Å². The van der Waals surface area contributed by atoms with Crippen LogP contribution in [0.2, 0.25) is 0 Å². The number of hydrogen-bond acceptors (Lipinski definition) is 2. The van der Waals surface area contributed by atoms with Gasteiger partial charge in [-0.25, -0.2) is 0 Å². The third-order valence-electron chi connectivity index (χ3n) is 7.48. The SMILES string of the molecule is CC1=CC(O)C2CC1C2(C)C.CC1=C[C@@H](O)[C@@H]2C[C@H]1C2(C)C. The van der Waals surface area contributed by atoms with Gasteiger partial charge in [0.25, 0.3) is 0 Å². The van der Waals surface area contributed by atoms with Crippen LogP contribution >= 0.6 is 0 Å². The molecule has 2 fully saturated rings. The van der Waals surface area contributed by atoms with Crippen molar-refractivity contribution < 1.29 is 10.2 Å².